The van der Waals surface area contributed by atoms with Gasteiger partial charge in [0.15, 0.2) is 5.75 Å². The molecular weight excluding hydrogens is 218 g/mol. The molecule has 0 saturated heterocycles. The van der Waals surface area contributed by atoms with Crippen molar-refractivity contribution in [2.75, 3.05) is 27.7 Å². The lowest BCUT2D eigenvalue weighted by molar-refractivity contribution is 0.183. The minimum atomic E-state index is -0.295. The van der Waals surface area contributed by atoms with Crippen molar-refractivity contribution in [3.05, 3.63) is 11.9 Å². The molecule has 1 aromatic heterocycles. The summed E-state index contributed by atoms with van der Waals surface area (Å²) in [5.41, 5.74) is 1.07. The predicted molar refractivity (Wildman–Crippen MR) is 67.3 cm³/mol. The van der Waals surface area contributed by atoms with Crippen molar-refractivity contribution < 1.29 is 9.84 Å². The Labute approximate surface area is 103 Å². The number of likely N-dealkylation sites (N-methyl/N-ethyl adjacent to an activating group) is 1. The molecule has 0 radical (unpaired) electrons. The molecule has 1 aromatic rings. The highest BCUT2D eigenvalue weighted by atomic mass is 16.5. The molecule has 1 heterocycles. The summed E-state index contributed by atoms with van der Waals surface area (Å²) in [6, 6.07) is 0. The van der Waals surface area contributed by atoms with Crippen molar-refractivity contribution in [2.45, 2.75) is 32.4 Å². The Morgan fingerprint density at radius 1 is 1.53 bits per heavy atom. The molecule has 0 saturated carbocycles. The number of aliphatic hydroxyl groups excluding tert-OH is 1. The van der Waals surface area contributed by atoms with E-state index in [2.05, 4.69) is 10.00 Å². The third-order valence-corrected chi connectivity index (χ3v) is 2.69. The van der Waals surface area contributed by atoms with Crippen LogP contribution in [0.1, 0.15) is 19.0 Å². The minimum absolute atomic E-state index is 0.295. The summed E-state index contributed by atoms with van der Waals surface area (Å²) in [5.74, 6) is 0.810. The fourth-order valence-electron chi connectivity index (χ4n) is 1.65. The van der Waals surface area contributed by atoms with Crippen molar-refractivity contribution in [1.82, 2.24) is 14.7 Å². The lowest BCUT2D eigenvalue weighted by Crippen LogP contribution is -2.20. The summed E-state index contributed by atoms with van der Waals surface area (Å²) in [4.78, 5) is 2.12. The lowest BCUT2D eigenvalue weighted by Gasteiger charge is -2.13. The van der Waals surface area contributed by atoms with Gasteiger partial charge in [0.1, 0.15) is 0 Å². The second-order valence-electron chi connectivity index (χ2n) is 4.57. The summed E-state index contributed by atoms with van der Waals surface area (Å²) in [5, 5.41) is 13.7. The number of hydrogen-bond acceptors (Lipinski definition) is 4. The summed E-state index contributed by atoms with van der Waals surface area (Å²) < 4.78 is 7.25. The van der Waals surface area contributed by atoms with Gasteiger partial charge in [-0.3, -0.25) is 4.68 Å². The number of aromatic nitrogens is 2. The van der Waals surface area contributed by atoms with Gasteiger partial charge in [0, 0.05) is 6.54 Å². The second-order valence-corrected chi connectivity index (χ2v) is 4.57. The molecule has 0 aromatic carbocycles. The van der Waals surface area contributed by atoms with Crippen molar-refractivity contribution in [3.63, 3.8) is 0 Å². The number of rotatable bonds is 7. The van der Waals surface area contributed by atoms with Crippen molar-refractivity contribution in [1.29, 1.82) is 0 Å². The van der Waals surface area contributed by atoms with Gasteiger partial charge >= 0.3 is 0 Å². The van der Waals surface area contributed by atoms with Gasteiger partial charge < -0.3 is 14.7 Å². The summed E-state index contributed by atoms with van der Waals surface area (Å²) in [6.07, 6.45) is 2.96. The molecule has 98 valence electrons. The molecule has 0 fully saturated rings. The monoisotopic (exact) mass is 241 g/mol. The fraction of sp³-hybridized carbons (Fsp3) is 0.750. The molecule has 1 N–H and O–H groups in total. The smallest absolute Gasteiger partial charge is 0.159 e. The van der Waals surface area contributed by atoms with Crippen LogP contribution < -0.4 is 4.74 Å². The Bertz CT molecular complexity index is 334. The van der Waals surface area contributed by atoms with E-state index in [1.807, 2.05) is 18.8 Å². The molecule has 1 rings (SSSR count). The first-order valence-corrected chi connectivity index (χ1v) is 5.96. The predicted octanol–water partition coefficient (Wildman–Crippen LogP) is 0.767. The molecular formula is C12H23N3O2. The Morgan fingerprint density at radius 3 is 2.76 bits per heavy atom. The molecule has 0 aliphatic heterocycles. The quantitative estimate of drug-likeness (QED) is 0.766. The molecule has 0 aliphatic carbocycles. The van der Waals surface area contributed by atoms with E-state index in [1.165, 1.54) is 0 Å². The van der Waals surface area contributed by atoms with E-state index in [-0.39, 0.29) is 6.10 Å². The van der Waals surface area contributed by atoms with Crippen LogP contribution in [-0.2, 0) is 13.0 Å². The second kappa shape index (κ2) is 6.61. The zero-order valence-electron chi connectivity index (χ0n) is 11.2. The Balaban J connectivity index is 2.71. The Morgan fingerprint density at radius 2 is 2.24 bits per heavy atom. The summed E-state index contributed by atoms with van der Waals surface area (Å²) >= 11 is 0. The van der Waals surface area contributed by atoms with Gasteiger partial charge in [-0.05, 0) is 33.9 Å². The first-order valence-electron chi connectivity index (χ1n) is 5.96. The van der Waals surface area contributed by atoms with Crippen LogP contribution in [-0.4, -0.2) is 53.6 Å². The molecule has 17 heavy (non-hydrogen) atoms. The van der Waals surface area contributed by atoms with E-state index in [4.69, 9.17) is 4.74 Å². The fourth-order valence-corrected chi connectivity index (χ4v) is 1.65. The topological polar surface area (TPSA) is 50.5 Å². The largest absolute Gasteiger partial charge is 0.493 e. The van der Waals surface area contributed by atoms with E-state index < -0.39 is 0 Å². The van der Waals surface area contributed by atoms with Crippen LogP contribution in [0.4, 0.5) is 0 Å². The average molecular weight is 241 g/mol. The highest BCUT2D eigenvalue weighted by Crippen LogP contribution is 2.19. The molecule has 0 bridgehead atoms. The summed E-state index contributed by atoms with van der Waals surface area (Å²) in [7, 11) is 5.73. The van der Waals surface area contributed by atoms with Crippen LogP contribution in [0.2, 0.25) is 0 Å². The molecule has 5 nitrogen and oxygen atoms in total. The third kappa shape index (κ3) is 4.36. The van der Waals surface area contributed by atoms with E-state index in [1.54, 1.807) is 20.2 Å². The van der Waals surface area contributed by atoms with Crippen LogP contribution >= 0.6 is 0 Å². The van der Waals surface area contributed by atoms with Crippen LogP contribution in [0, 0.1) is 0 Å². The van der Waals surface area contributed by atoms with Crippen molar-refractivity contribution in [3.8, 4) is 5.75 Å². The Hall–Kier alpha value is -1.07. The van der Waals surface area contributed by atoms with E-state index in [9.17, 15) is 5.11 Å². The number of hydrogen-bond donors (Lipinski definition) is 1. The Kier molecular flexibility index (Phi) is 5.44. The van der Waals surface area contributed by atoms with Gasteiger partial charge in [-0.1, -0.05) is 0 Å². The SMILES string of the molecule is COc1cnn(CCN(C)C)c1CCC(C)O. The lowest BCUT2D eigenvalue weighted by atomic mass is 10.1. The van der Waals surface area contributed by atoms with E-state index in [0.717, 1.165) is 37.4 Å². The number of nitrogens with zero attached hydrogens (tertiary/aromatic N) is 3. The zero-order chi connectivity index (χ0) is 12.8. The average Bonchev–Trinajstić information content (AvgIpc) is 2.65. The maximum atomic E-state index is 9.35. The van der Waals surface area contributed by atoms with Gasteiger partial charge in [-0.25, -0.2) is 0 Å². The molecule has 0 aliphatic rings. The molecule has 1 atom stereocenters. The summed E-state index contributed by atoms with van der Waals surface area (Å²) in [6.45, 7) is 3.57. The first-order chi connectivity index (χ1) is 8.04. The van der Waals surface area contributed by atoms with Gasteiger partial charge in [-0.15, -0.1) is 0 Å². The van der Waals surface area contributed by atoms with E-state index in [0.29, 0.717) is 0 Å². The van der Waals surface area contributed by atoms with Gasteiger partial charge in [0.05, 0.1) is 31.6 Å². The minimum Gasteiger partial charge on any atom is -0.493 e. The maximum absolute atomic E-state index is 9.35. The van der Waals surface area contributed by atoms with Crippen molar-refractivity contribution >= 4 is 0 Å². The molecule has 0 spiro atoms. The number of aliphatic hydroxyl groups is 1. The van der Waals surface area contributed by atoms with E-state index >= 15 is 0 Å². The maximum Gasteiger partial charge on any atom is 0.159 e. The first kappa shape index (κ1) is 14.0. The van der Waals surface area contributed by atoms with Crippen LogP contribution in [0.25, 0.3) is 0 Å². The number of ether oxygens (including phenoxy) is 1. The van der Waals surface area contributed by atoms with Crippen LogP contribution in [0.5, 0.6) is 5.75 Å². The molecule has 5 heteroatoms. The van der Waals surface area contributed by atoms with Crippen LogP contribution in [0.3, 0.4) is 0 Å². The number of methoxy groups -OCH3 is 1. The van der Waals surface area contributed by atoms with Crippen LogP contribution in [0.15, 0.2) is 6.20 Å². The highest BCUT2D eigenvalue weighted by Gasteiger charge is 2.12. The van der Waals surface area contributed by atoms with Gasteiger partial charge in [0.2, 0.25) is 0 Å². The standard InChI is InChI=1S/C12H23N3O2/c1-10(16)5-6-11-12(17-4)9-13-15(11)8-7-14(2)3/h9-10,16H,5-8H2,1-4H3. The highest BCUT2D eigenvalue weighted by molar-refractivity contribution is 5.25. The third-order valence-electron chi connectivity index (χ3n) is 2.69. The molecule has 1 unspecified atom stereocenters. The van der Waals surface area contributed by atoms with Gasteiger partial charge in [-0.2, -0.15) is 5.10 Å². The van der Waals surface area contributed by atoms with Crippen molar-refractivity contribution in [2.24, 2.45) is 0 Å². The normalized spacial score (nSPS) is 13.1. The zero-order valence-corrected chi connectivity index (χ0v) is 11.2. The molecule has 0 amide bonds. The van der Waals surface area contributed by atoms with Gasteiger partial charge in [0.25, 0.3) is 0 Å².